The summed E-state index contributed by atoms with van der Waals surface area (Å²) in [4.78, 5) is 4.34. The van der Waals surface area contributed by atoms with E-state index in [-0.39, 0.29) is 5.60 Å². The molecule has 2 aromatic rings. The van der Waals surface area contributed by atoms with Crippen LogP contribution >= 0.6 is 0 Å². The zero-order valence-corrected chi connectivity index (χ0v) is 10.4. The molecule has 3 heteroatoms. The van der Waals surface area contributed by atoms with Gasteiger partial charge in [0.05, 0.1) is 5.60 Å². The van der Waals surface area contributed by atoms with E-state index in [9.17, 15) is 0 Å². The Morgan fingerprint density at radius 3 is 2.71 bits per heavy atom. The monoisotopic (exact) mass is 231 g/mol. The number of methoxy groups -OCH3 is 1. The number of hydrogen-bond donors (Lipinski definition) is 0. The summed E-state index contributed by atoms with van der Waals surface area (Å²) in [5.74, 6) is 0.799. The molecule has 0 amide bonds. The number of hydrogen-bond acceptors (Lipinski definition) is 3. The van der Waals surface area contributed by atoms with Crippen LogP contribution in [0.5, 0.6) is 5.75 Å². The lowest BCUT2D eigenvalue weighted by Crippen LogP contribution is -2.30. The summed E-state index contributed by atoms with van der Waals surface area (Å²) < 4.78 is 11.1. The van der Waals surface area contributed by atoms with Crippen LogP contribution in [-0.4, -0.2) is 24.3 Å². The first kappa shape index (κ1) is 11.9. The van der Waals surface area contributed by atoms with E-state index >= 15 is 0 Å². The number of pyridine rings is 1. The molecule has 1 aromatic carbocycles. The summed E-state index contributed by atoms with van der Waals surface area (Å²) in [6.07, 6.45) is 1.77. The number of ether oxygens (including phenoxy) is 2. The third-order valence-electron chi connectivity index (χ3n) is 2.72. The van der Waals surface area contributed by atoms with E-state index in [1.165, 1.54) is 0 Å². The van der Waals surface area contributed by atoms with Crippen LogP contribution in [0.25, 0.3) is 10.9 Å². The Hall–Kier alpha value is -1.61. The van der Waals surface area contributed by atoms with Crippen LogP contribution in [0.4, 0.5) is 0 Å². The highest BCUT2D eigenvalue weighted by atomic mass is 16.5. The molecule has 0 N–H and O–H groups in total. The molecular formula is C14H17NO2. The van der Waals surface area contributed by atoms with Gasteiger partial charge < -0.3 is 9.47 Å². The van der Waals surface area contributed by atoms with Crippen molar-refractivity contribution < 1.29 is 9.47 Å². The van der Waals surface area contributed by atoms with Gasteiger partial charge in [0.2, 0.25) is 0 Å². The maximum Gasteiger partial charge on any atom is 0.145 e. The van der Waals surface area contributed by atoms with Crippen molar-refractivity contribution >= 4 is 10.9 Å². The van der Waals surface area contributed by atoms with E-state index in [1.54, 1.807) is 13.3 Å². The summed E-state index contributed by atoms with van der Waals surface area (Å²) >= 11 is 0. The molecule has 0 aliphatic carbocycles. The summed E-state index contributed by atoms with van der Waals surface area (Å²) in [5.41, 5.74) is 0.596. The highest BCUT2D eigenvalue weighted by Crippen LogP contribution is 2.24. The van der Waals surface area contributed by atoms with Gasteiger partial charge in [0.1, 0.15) is 17.9 Å². The van der Waals surface area contributed by atoms with Gasteiger partial charge in [-0.05, 0) is 26.0 Å². The summed E-state index contributed by atoms with van der Waals surface area (Å²) in [5, 5.41) is 1.08. The van der Waals surface area contributed by atoms with Crippen molar-refractivity contribution in [2.75, 3.05) is 13.7 Å². The van der Waals surface area contributed by atoms with Crippen molar-refractivity contribution in [2.45, 2.75) is 19.4 Å². The van der Waals surface area contributed by atoms with E-state index in [0.29, 0.717) is 6.61 Å². The summed E-state index contributed by atoms with van der Waals surface area (Å²) in [6.45, 7) is 4.48. The van der Waals surface area contributed by atoms with Crippen LogP contribution in [0.2, 0.25) is 0 Å². The number of fused-ring (bicyclic) bond motifs is 1. The Balaban J connectivity index is 2.24. The van der Waals surface area contributed by atoms with Gasteiger partial charge in [0, 0.05) is 18.7 Å². The molecule has 3 nitrogen and oxygen atoms in total. The van der Waals surface area contributed by atoms with Gasteiger partial charge in [-0.15, -0.1) is 0 Å². The Morgan fingerprint density at radius 2 is 1.94 bits per heavy atom. The highest BCUT2D eigenvalue weighted by molar-refractivity contribution is 5.84. The van der Waals surface area contributed by atoms with Gasteiger partial charge in [-0.3, -0.25) is 4.98 Å². The Morgan fingerprint density at radius 1 is 1.18 bits per heavy atom. The molecule has 0 saturated carbocycles. The topological polar surface area (TPSA) is 31.4 Å². The molecule has 0 saturated heterocycles. The first-order chi connectivity index (χ1) is 8.12. The average molecular weight is 231 g/mol. The van der Waals surface area contributed by atoms with Crippen molar-refractivity contribution in [3.05, 3.63) is 36.5 Å². The number of benzene rings is 1. The van der Waals surface area contributed by atoms with Crippen LogP contribution in [0.15, 0.2) is 36.5 Å². The van der Waals surface area contributed by atoms with Gasteiger partial charge in [-0.25, -0.2) is 0 Å². The second-order valence-corrected chi connectivity index (χ2v) is 4.58. The van der Waals surface area contributed by atoms with Crippen molar-refractivity contribution in [2.24, 2.45) is 0 Å². The van der Waals surface area contributed by atoms with E-state index in [4.69, 9.17) is 9.47 Å². The molecule has 90 valence electrons. The van der Waals surface area contributed by atoms with Gasteiger partial charge in [-0.1, -0.05) is 18.2 Å². The second kappa shape index (κ2) is 4.72. The van der Waals surface area contributed by atoms with Crippen LogP contribution in [0.3, 0.4) is 0 Å². The maximum atomic E-state index is 5.79. The molecule has 0 spiro atoms. The molecule has 2 rings (SSSR count). The molecule has 0 atom stereocenters. The smallest absolute Gasteiger partial charge is 0.145 e. The summed E-state index contributed by atoms with van der Waals surface area (Å²) in [6, 6.07) is 9.87. The van der Waals surface area contributed by atoms with Crippen LogP contribution in [0, 0.1) is 0 Å². The van der Waals surface area contributed by atoms with Crippen molar-refractivity contribution in [1.29, 1.82) is 0 Å². The molecule has 1 aromatic heterocycles. The zero-order valence-electron chi connectivity index (χ0n) is 10.4. The number of rotatable bonds is 4. The molecule has 0 fully saturated rings. The van der Waals surface area contributed by atoms with E-state index < -0.39 is 0 Å². The van der Waals surface area contributed by atoms with Crippen molar-refractivity contribution in [3.8, 4) is 5.75 Å². The minimum absolute atomic E-state index is 0.295. The lowest BCUT2D eigenvalue weighted by atomic mass is 10.1. The van der Waals surface area contributed by atoms with Crippen LogP contribution < -0.4 is 4.74 Å². The Kier molecular flexibility index (Phi) is 3.29. The van der Waals surface area contributed by atoms with Crippen LogP contribution in [-0.2, 0) is 4.74 Å². The number of aromatic nitrogens is 1. The first-order valence-corrected chi connectivity index (χ1v) is 5.64. The van der Waals surface area contributed by atoms with Gasteiger partial charge in [-0.2, -0.15) is 0 Å². The quantitative estimate of drug-likeness (QED) is 0.810. The first-order valence-electron chi connectivity index (χ1n) is 5.64. The SMILES string of the molecule is COC(C)(C)COc1cccc2cccnc12. The fourth-order valence-electron chi connectivity index (χ4n) is 1.50. The van der Waals surface area contributed by atoms with Gasteiger partial charge in [0.25, 0.3) is 0 Å². The maximum absolute atomic E-state index is 5.79. The molecule has 1 heterocycles. The van der Waals surface area contributed by atoms with Crippen molar-refractivity contribution in [3.63, 3.8) is 0 Å². The van der Waals surface area contributed by atoms with Gasteiger partial charge in [0.15, 0.2) is 0 Å². The fraction of sp³-hybridized carbons (Fsp3) is 0.357. The second-order valence-electron chi connectivity index (χ2n) is 4.58. The molecule has 17 heavy (non-hydrogen) atoms. The third-order valence-corrected chi connectivity index (χ3v) is 2.72. The zero-order chi connectivity index (χ0) is 12.3. The fourth-order valence-corrected chi connectivity index (χ4v) is 1.50. The third kappa shape index (κ3) is 2.74. The minimum atomic E-state index is -0.295. The Bertz CT molecular complexity index is 503. The molecule has 0 aliphatic heterocycles. The van der Waals surface area contributed by atoms with Crippen LogP contribution in [0.1, 0.15) is 13.8 Å². The van der Waals surface area contributed by atoms with Crippen molar-refractivity contribution in [1.82, 2.24) is 4.98 Å². The standard InChI is InChI=1S/C14H17NO2/c1-14(2,16-3)10-17-12-8-4-6-11-7-5-9-15-13(11)12/h4-9H,10H2,1-3H3. The predicted octanol–water partition coefficient (Wildman–Crippen LogP) is 3.04. The predicted molar refractivity (Wildman–Crippen MR) is 68.3 cm³/mol. The molecule has 0 bridgehead atoms. The Labute approximate surface area is 101 Å². The summed E-state index contributed by atoms with van der Waals surface area (Å²) in [7, 11) is 1.69. The molecular weight excluding hydrogens is 214 g/mol. The normalized spacial score (nSPS) is 11.7. The largest absolute Gasteiger partial charge is 0.488 e. The highest BCUT2D eigenvalue weighted by Gasteiger charge is 2.17. The molecule has 0 radical (unpaired) electrons. The molecule has 0 aliphatic rings. The van der Waals surface area contributed by atoms with E-state index in [1.807, 2.05) is 44.2 Å². The lowest BCUT2D eigenvalue weighted by Gasteiger charge is -2.23. The van der Waals surface area contributed by atoms with Gasteiger partial charge >= 0.3 is 0 Å². The minimum Gasteiger partial charge on any atom is -0.488 e. The molecule has 0 unspecified atom stereocenters. The van der Waals surface area contributed by atoms with E-state index in [2.05, 4.69) is 4.98 Å². The van der Waals surface area contributed by atoms with E-state index in [0.717, 1.165) is 16.7 Å². The number of para-hydroxylation sites is 1. The number of nitrogens with zero attached hydrogens (tertiary/aromatic N) is 1. The average Bonchev–Trinajstić information content (AvgIpc) is 2.36. The lowest BCUT2D eigenvalue weighted by molar-refractivity contribution is -0.0143.